The molecule has 0 aliphatic heterocycles. The van der Waals surface area contributed by atoms with Crippen LogP contribution in [0, 0.1) is 17.1 Å². The van der Waals surface area contributed by atoms with Gasteiger partial charge in [-0.2, -0.15) is 0 Å². The van der Waals surface area contributed by atoms with Crippen LogP contribution in [0.3, 0.4) is 0 Å². The van der Waals surface area contributed by atoms with E-state index in [2.05, 4.69) is 10.6 Å². The van der Waals surface area contributed by atoms with Crippen LogP contribution in [0.15, 0.2) is 24.3 Å². The minimum Gasteiger partial charge on any atom is -0.387 e. The molecule has 6 heteroatoms. The quantitative estimate of drug-likeness (QED) is 0.497. The van der Waals surface area contributed by atoms with E-state index in [-0.39, 0.29) is 17.8 Å². The number of nitrogens with one attached hydrogen (secondary N) is 3. The highest BCUT2D eigenvalue weighted by atomic mass is 19.1. The fraction of sp³-hybridized carbons (Fsp3) is 0.385. The molecule has 1 aromatic carbocycles. The van der Waals surface area contributed by atoms with Crippen molar-refractivity contribution in [3.8, 4) is 0 Å². The summed E-state index contributed by atoms with van der Waals surface area (Å²) in [5.41, 5.74) is 5.90. The molecule has 0 heterocycles. The number of nitrogens with two attached hydrogens (primary N) is 1. The largest absolute Gasteiger partial charge is 0.387 e. The number of rotatable bonds is 3. The second-order valence-electron chi connectivity index (χ2n) is 4.71. The number of hydrogen-bond acceptors (Lipinski definition) is 2. The normalized spacial score (nSPS) is 21.9. The number of hydrogen-bond donors (Lipinski definition) is 4. The lowest BCUT2D eigenvalue weighted by molar-refractivity contribution is 0.247. The Morgan fingerprint density at radius 2 is 2.21 bits per heavy atom. The van der Waals surface area contributed by atoms with Crippen molar-refractivity contribution in [1.29, 1.82) is 5.41 Å². The summed E-state index contributed by atoms with van der Waals surface area (Å²) in [7, 11) is 0. The fourth-order valence-corrected chi connectivity index (χ4v) is 2.41. The van der Waals surface area contributed by atoms with Crippen molar-refractivity contribution < 1.29 is 9.18 Å². The van der Waals surface area contributed by atoms with Crippen LogP contribution in [0.1, 0.15) is 19.3 Å². The topological polar surface area (TPSA) is 91.0 Å². The van der Waals surface area contributed by atoms with Gasteiger partial charge in [0.15, 0.2) is 0 Å². The first kappa shape index (κ1) is 13.3. The van der Waals surface area contributed by atoms with E-state index >= 15 is 0 Å². The molecule has 2 rings (SSSR count). The van der Waals surface area contributed by atoms with Gasteiger partial charge >= 0.3 is 6.03 Å². The second kappa shape index (κ2) is 5.69. The minimum atomic E-state index is -0.403. The van der Waals surface area contributed by atoms with Gasteiger partial charge in [-0.15, -0.1) is 0 Å². The number of benzene rings is 1. The van der Waals surface area contributed by atoms with Gasteiger partial charge < -0.3 is 16.4 Å². The maximum absolute atomic E-state index is 13.0. The van der Waals surface area contributed by atoms with Crippen LogP contribution in [-0.2, 0) is 0 Å². The number of carbonyl (C=O) groups excluding carboxylic acids is 1. The minimum absolute atomic E-state index is 0.0988. The van der Waals surface area contributed by atoms with E-state index in [1.54, 1.807) is 6.07 Å². The van der Waals surface area contributed by atoms with Crippen LogP contribution in [0.5, 0.6) is 0 Å². The van der Waals surface area contributed by atoms with E-state index in [1.807, 2.05) is 0 Å². The highest BCUT2D eigenvalue weighted by Crippen LogP contribution is 2.25. The van der Waals surface area contributed by atoms with Gasteiger partial charge in [-0.3, -0.25) is 5.41 Å². The molecule has 0 aromatic heterocycles. The Morgan fingerprint density at radius 1 is 1.42 bits per heavy atom. The number of amidine groups is 1. The van der Waals surface area contributed by atoms with Gasteiger partial charge in [0.25, 0.3) is 0 Å². The predicted octanol–water partition coefficient (Wildman–Crippen LogP) is 2.05. The van der Waals surface area contributed by atoms with Crippen LogP contribution >= 0.6 is 0 Å². The Bertz CT molecular complexity index is 491. The molecule has 19 heavy (non-hydrogen) atoms. The SMILES string of the molecule is N=C(N)C1CCCC1NC(=O)Nc1cccc(F)c1. The zero-order valence-electron chi connectivity index (χ0n) is 10.4. The molecule has 1 aromatic rings. The second-order valence-corrected chi connectivity index (χ2v) is 4.71. The van der Waals surface area contributed by atoms with E-state index < -0.39 is 11.8 Å². The van der Waals surface area contributed by atoms with E-state index in [4.69, 9.17) is 11.1 Å². The maximum Gasteiger partial charge on any atom is 0.319 e. The Labute approximate surface area is 110 Å². The molecule has 1 aliphatic carbocycles. The zero-order valence-corrected chi connectivity index (χ0v) is 10.4. The summed E-state index contributed by atoms with van der Waals surface area (Å²) < 4.78 is 13.0. The molecule has 1 aliphatic rings. The summed E-state index contributed by atoms with van der Waals surface area (Å²) in [4.78, 5) is 11.8. The van der Waals surface area contributed by atoms with Crippen molar-refractivity contribution in [3.63, 3.8) is 0 Å². The molecule has 5 N–H and O–H groups in total. The first-order chi connectivity index (χ1) is 9.06. The Hall–Kier alpha value is -2.11. The Morgan fingerprint density at radius 3 is 2.89 bits per heavy atom. The molecular formula is C13H17FN4O. The van der Waals surface area contributed by atoms with Crippen LogP contribution in [0.2, 0.25) is 0 Å². The van der Waals surface area contributed by atoms with Crippen molar-refractivity contribution in [2.24, 2.45) is 11.7 Å². The van der Waals surface area contributed by atoms with Crippen molar-refractivity contribution in [2.45, 2.75) is 25.3 Å². The lowest BCUT2D eigenvalue weighted by Crippen LogP contribution is -2.43. The lowest BCUT2D eigenvalue weighted by Gasteiger charge is -2.20. The van der Waals surface area contributed by atoms with Crippen molar-refractivity contribution in [3.05, 3.63) is 30.1 Å². The van der Waals surface area contributed by atoms with Gasteiger partial charge in [-0.25, -0.2) is 9.18 Å². The van der Waals surface area contributed by atoms with E-state index in [0.29, 0.717) is 5.69 Å². The van der Waals surface area contributed by atoms with Gasteiger partial charge in [0.05, 0.1) is 5.84 Å². The van der Waals surface area contributed by atoms with Crippen LogP contribution in [0.25, 0.3) is 0 Å². The third-order valence-corrected chi connectivity index (χ3v) is 3.31. The Kier molecular flexibility index (Phi) is 3.99. The van der Waals surface area contributed by atoms with Crippen LogP contribution in [0.4, 0.5) is 14.9 Å². The van der Waals surface area contributed by atoms with E-state index in [9.17, 15) is 9.18 Å². The molecule has 0 bridgehead atoms. The maximum atomic E-state index is 13.0. The highest BCUT2D eigenvalue weighted by Gasteiger charge is 2.30. The molecule has 0 saturated heterocycles. The van der Waals surface area contributed by atoms with Crippen molar-refractivity contribution >= 4 is 17.6 Å². The third kappa shape index (κ3) is 3.43. The van der Waals surface area contributed by atoms with Crippen LogP contribution in [-0.4, -0.2) is 17.9 Å². The molecule has 2 amide bonds. The molecule has 1 saturated carbocycles. The summed E-state index contributed by atoms with van der Waals surface area (Å²) in [5, 5.41) is 12.8. The number of carbonyl (C=O) groups is 1. The monoisotopic (exact) mass is 264 g/mol. The number of halogens is 1. The molecule has 102 valence electrons. The van der Waals surface area contributed by atoms with Gasteiger partial charge in [0.1, 0.15) is 5.82 Å². The average molecular weight is 264 g/mol. The first-order valence-electron chi connectivity index (χ1n) is 6.23. The summed E-state index contributed by atoms with van der Waals surface area (Å²) in [6.07, 6.45) is 2.57. The van der Waals surface area contributed by atoms with Crippen LogP contribution < -0.4 is 16.4 Å². The average Bonchev–Trinajstić information content (AvgIpc) is 2.76. The zero-order chi connectivity index (χ0) is 13.8. The van der Waals surface area contributed by atoms with Crippen molar-refractivity contribution in [2.75, 3.05) is 5.32 Å². The summed E-state index contributed by atoms with van der Waals surface area (Å²) in [6.45, 7) is 0. The fourth-order valence-electron chi connectivity index (χ4n) is 2.41. The molecule has 2 atom stereocenters. The standard InChI is InChI=1S/C13H17FN4O/c14-8-3-1-4-9(7-8)17-13(19)18-11-6-2-5-10(11)12(15)16/h1,3-4,7,10-11H,2,5-6H2,(H3,15,16)(H2,17,18,19). The molecule has 5 nitrogen and oxygen atoms in total. The molecule has 1 fully saturated rings. The molecule has 0 radical (unpaired) electrons. The van der Waals surface area contributed by atoms with Gasteiger partial charge in [0, 0.05) is 17.6 Å². The number of anilines is 1. The summed E-state index contributed by atoms with van der Waals surface area (Å²) in [5.74, 6) is -0.396. The van der Waals surface area contributed by atoms with E-state index in [0.717, 1.165) is 19.3 Å². The number of urea groups is 1. The number of amides is 2. The molecule has 0 spiro atoms. The van der Waals surface area contributed by atoms with Gasteiger partial charge in [0.2, 0.25) is 0 Å². The summed E-state index contributed by atoms with van der Waals surface area (Å²) in [6, 6.07) is 5.18. The van der Waals surface area contributed by atoms with Gasteiger partial charge in [-0.1, -0.05) is 12.5 Å². The third-order valence-electron chi connectivity index (χ3n) is 3.31. The smallest absolute Gasteiger partial charge is 0.319 e. The first-order valence-corrected chi connectivity index (χ1v) is 6.23. The van der Waals surface area contributed by atoms with Crippen molar-refractivity contribution in [1.82, 2.24) is 5.32 Å². The predicted molar refractivity (Wildman–Crippen MR) is 71.6 cm³/mol. The molecular weight excluding hydrogens is 247 g/mol. The molecule has 2 unspecified atom stereocenters. The Balaban J connectivity index is 1.92. The highest BCUT2D eigenvalue weighted by molar-refractivity contribution is 5.90. The summed E-state index contributed by atoms with van der Waals surface area (Å²) >= 11 is 0. The van der Waals surface area contributed by atoms with Gasteiger partial charge in [-0.05, 0) is 31.0 Å². The lowest BCUT2D eigenvalue weighted by atomic mass is 10.0. The van der Waals surface area contributed by atoms with E-state index in [1.165, 1.54) is 18.2 Å².